The molecule has 0 aliphatic rings. The van der Waals surface area contributed by atoms with Crippen LogP contribution in [0.4, 0.5) is 13.2 Å². The van der Waals surface area contributed by atoms with Crippen LogP contribution in [0.15, 0.2) is 65.4 Å². The highest BCUT2D eigenvalue weighted by Crippen LogP contribution is 2.32. The van der Waals surface area contributed by atoms with Crippen LogP contribution >= 0.6 is 0 Å². The summed E-state index contributed by atoms with van der Waals surface area (Å²) in [6, 6.07) is 12.8. The van der Waals surface area contributed by atoms with Crippen molar-refractivity contribution in [3.8, 4) is 22.8 Å². The van der Waals surface area contributed by atoms with Gasteiger partial charge in [0.2, 0.25) is 0 Å². The molecule has 0 spiro atoms. The van der Waals surface area contributed by atoms with E-state index < -0.39 is 6.36 Å². The Balaban J connectivity index is 1.53. The molecular formula is C20H16F3N3O3. The predicted molar refractivity (Wildman–Crippen MR) is 98.6 cm³/mol. The fourth-order valence-corrected chi connectivity index (χ4v) is 2.87. The second-order valence-electron chi connectivity index (χ2n) is 6.42. The normalized spacial score (nSPS) is 12.8. The Morgan fingerprint density at radius 3 is 2.55 bits per heavy atom. The van der Waals surface area contributed by atoms with E-state index >= 15 is 0 Å². The first-order valence-corrected chi connectivity index (χ1v) is 8.76. The van der Waals surface area contributed by atoms with Crippen LogP contribution in [0.2, 0.25) is 0 Å². The molecule has 0 saturated heterocycles. The first kappa shape index (κ1) is 18.9. The van der Waals surface area contributed by atoms with Crippen LogP contribution in [0.3, 0.4) is 0 Å². The molecule has 9 heteroatoms. The van der Waals surface area contributed by atoms with Crippen LogP contribution in [0.5, 0.6) is 11.6 Å². The summed E-state index contributed by atoms with van der Waals surface area (Å²) < 4.78 is 53.7. The van der Waals surface area contributed by atoms with Gasteiger partial charge in [0.25, 0.3) is 5.88 Å². The summed E-state index contributed by atoms with van der Waals surface area (Å²) in [5.41, 5.74) is 2.05. The van der Waals surface area contributed by atoms with Gasteiger partial charge in [-0.05, 0) is 53.5 Å². The van der Waals surface area contributed by atoms with Gasteiger partial charge in [-0.2, -0.15) is 5.10 Å². The lowest BCUT2D eigenvalue weighted by atomic mass is 10.0. The molecule has 0 fully saturated rings. The third-order valence-electron chi connectivity index (χ3n) is 4.30. The van der Waals surface area contributed by atoms with E-state index in [1.165, 1.54) is 12.1 Å². The number of alkyl halides is 3. The number of fused-ring (bicyclic) bond motifs is 1. The van der Waals surface area contributed by atoms with E-state index in [2.05, 4.69) is 15.0 Å². The summed E-state index contributed by atoms with van der Waals surface area (Å²) in [4.78, 5) is 0. The first-order chi connectivity index (χ1) is 13.9. The zero-order valence-electron chi connectivity index (χ0n) is 15.3. The lowest BCUT2D eigenvalue weighted by molar-refractivity contribution is -0.274. The Kier molecular flexibility index (Phi) is 4.87. The monoisotopic (exact) mass is 403 g/mol. The van der Waals surface area contributed by atoms with Gasteiger partial charge in [-0.1, -0.05) is 18.2 Å². The summed E-state index contributed by atoms with van der Waals surface area (Å²) in [6.07, 6.45) is -1.18. The van der Waals surface area contributed by atoms with Crippen molar-refractivity contribution in [2.75, 3.05) is 6.61 Å². The zero-order chi connectivity index (χ0) is 20.4. The number of halogens is 3. The van der Waals surface area contributed by atoms with Crippen molar-refractivity contribution in [3.63, 3.8) is 0 Å². The van der Waals surface area contributed by atoms with Gasteiger partial charge in [-0.3, -0.25) is 4.68 Å². The molecule has 0 saturated carbocycles. The first-order valence-electron chi connectivity index (χ1n) is 8.76. The van der Waals surface area contributed by atoms with Gasteiger partial charge in [0.05, 0.1) is 11.4 Å². The minimum absolute atomic E-state index is 0.00103. The minimum atomic E-state index is -4.72. The van der Waals surface area contributed by atoms with Crippen molar-refractivity contribution in [2.45, 2.75) is 19.3 Å². The Labute approximate surface area is 163 Å². The maximum atomic E-state index is 12.3. The summed E-state index contributed by atoms with van der Waals surface area (Å²) >= 11 is 0. The standard InChI is InChI=1S/C20H16F3N3O3/c1-13(26-10-2-9-24-26)12-27-19-17-11-15(5-8-18(17)29-25-19)14-3-6-16(7-4-14)28-20(21,22)23/h2-11,13H,12H2,1H3. The topological polar surface area (TPSA) is 62.3 Å². The summed E-state index contributed by atoms with van der Waals surface area (Å²) in [6.45, 7) is 2.31. The molecule has 0 N–H and O–H groups in total. The number of hydrogen-bond acceptors (Lipinski definition) is 5. The highest BCUT2D eigenvalue weighted by atomic mass is 19.4. The van der Waals surface area contributed by atoms with Gasteiger partial charge in [0.15, 0.2) is 5.58 Å². The van der Waals surface area contributed by atoms with E-state index in [0.717, 1.165) is 11.1 Å². The van der Waals surface area contributed by atoms with Gasteiger partial charge in [0, 0.05) is 12.4 Å². The van der Waals surface area contributed by atoms with Gasteiger partial charge in [-0.15, -0.1) is 13.2 Å². The maximum Gasteiger partial charge on any atom is 0.573 e. The van der Waals surface area contributed by atoms with E-state index in [1.54, 1.807) is 35.1 Å². The van der Waals surface area contributed by atoms with Crippen molar-refractivity contribution in [1.29, 1.82) is 0 Å². The van der Waals surface area contributed by atoms with E-state index in [1.807, 2.05) is 25.3 Å². The minimum Gasteiger partial charge on any atom is -0.473 e. The Bertz CT molecular complexity index is 1090. The number of aromatic nitrogens is 3. The Hall–Kier alpha value is -3.49. The molecule has 0 aliphatic heterocycles. The second kappa shape index (κ2) is 7.50. The molecule has 150 valence electrons. The molecular weight excluding hydrogens is 387 g/mol. The van der Waals surface area contributed by atoms with Crippen molar-refractivity contribution in [2.24, 2.45) is 0 Å². The van der Waals surface area contributed by atoms with E-state index in [9.17, 15) is 13.2 Å². The summed E-state index contributed by atoms with van der Waals surface area (Å²) in [5, 5.41) is 8.81. The maximum absolute atomic E-state index is 12.3. The molecule has 0 aliphatic carbocycles. The van der Waals surface area contributed by atoms with Crippen LogP contribution in [-0.2, 0) is 0 Å². The highest BCUT2D eigenvalue weighted by Gasteiger charge is 2.31. The molecule has 0 bridgehead atoms. The van der Waals surface area contributed by atoms with Crippen LogP contribution in [-0.4, -0.2) is 27.9 Å². The summed E-state index contributed by atoms with van der Waals surface area (Å²) in [7, 11) is 0. The van der Waals surface area contributed by atoms with Crippen molar-refractivity contribution in [1.82, 2.24) is 14.9 Å². The third kappa shape index (κ3) is 4.34. The molecule has 0 radical (unpaired) electrons. The molecule has 6 nitrogen and oxygen atoms in total. The number of hydrogen-bond donors (Lipinski definition) is 0. The number of benzene rings is 2. The molecule has 1 unspecified atom stereocenters. The molecule has 1 atom stereocenters. The van der Waals surface area contributed by atoms with Gasteiger partial charge in [-0.25, -0.2) is 0 Å². The second-order valence-corrected chi connectivity index (χ2v) is 6.42. The molecule has 2 aromatic carbocycles. The van der Waals surface area contributed by atoms with Crippen molar-refractivity contribution in [3.05, 3.63) is 60.9 Å². The molecule has 4 rings (SSSR count). The third-order valence-corrected chi connectivity index (χ3v) is 4.30. The van der Waals surface area contributed by atoms with E-state index in [4.69, 9.17) is 9.26 Å². The van der Waals surface area contributed by atoms with Crippen LogP contribution in [0.1, 0.15) is 13.0 Å². The van der Waals surface area contributed by atoms with Gasteiger partial charge < -0.3 is 14.0 Å². The highest BCUT2D eigenvalue weighted by molar-refractivity contribution is 5.87. The zero-order valence-corrected chi connectivity index (χ0v) is 15.3. The van der Waals surface area contributed by atoms with Crippen molar-refractivity contribution >= 4 is 11.0 Å². The fraction of sp³-hybridized carbons (Fsp3) is 0.200. The molecule has 2 aromatic heterocycles. The average Bonchev–Trinajstić information content (AvgIpc) is 3.35. The quantitative estimate of drug-likeness (QED) is 0.441. The SMILES string of the molecule is CC(COc1noc2ccc(-c3ccc(OC(F)(F)F)cc3)cc12)n1cccn1. The number of ether oxygens (including phenoxy) is 2. The summed E-state index contributed by atoms with van der Waals surface area (Å²) in [5.74, 6) is 0.0711. The lowest BCUT2D eigenvalue weighted by Crippen LogP contribution is -2.16. The Morgan fingerprint density at radius 2 is 1.86 bits per heavy atom. The van der Waals surface area contributed by atoms with E-state index in [-0.39, 0.29) is 11.8 Å². The van der Waals surface area contributed by atoms with Crippen LogP contribution in [0, 0.1) is 0 Å². The van der Waals surface area contributed by atoms with Gasteiger partial charge in [0.1, 0.15) is 12.4 Å². The fourth-order valence-electron chi connectivity index (χ4n) is 2.87. The lowest BCUT2D eigenvalue weighted by Gasteiger charge is -2.12. The molecule has 2 heterocycles. The van der Waals surface area contributed by atoms with Crippen LogP contribution in [0.25, 0.3) is 22.1 Å². The van der Waals surface area contributed by atoms with Gasteiger partial charge >= 0.3 is 6.36 Å². The largest absolute Gasteiger partial charge is 0.573 e. The van der Waals surface area contributed by atoms with E-state index in [0.29, 0.717) is 23.5 Å². The molecule has 4 aromatic rings. The van der Waals surface area contributed by atoms with Crippen molar-refractivity contribution < 1.29 is 27.2 Å². The number of nitrogens with zero attached hydrogens (tertiary/aromatic N) is 3. The smallest absolute Gasteiger partial charge is 0.473 e. The average molecular weight is 403 g/mol. The molecule has 29 heavy (non-hydrogen) atoms. The predicted octanol–water partition coefficient (Wildman–Crippen LogP) is 5.23. The molecule has 0 amide bonds. The Morgan fingerprint density at radius 1 is 1.10 bits per heavy atom. The van der Waals surface area contributed by atoms with Crippen LogP contribution < -0.4 is 9.47 Å². The number of rotatable bonds is 6.